The van der Waals surface area contributed by atoms with Crippen molar-refractivity contribution in [2.24, 2.45) is 5.92 Å². The molecule has 1 atom stereocenters. The second-order valence-electron chi connectivity index (χ2n) is 4.70. The third-order valence-electron chi connectivity index (χ3n) is 3.07. The van der Waals surface area contributed by atoms with Crippen LogP contribution in [-0.4, -0.2) is 18.2 Å². The maximum atomic E-state index is 9.34. The standard InChI is InChI=1S/C14H23NO/c1-11(2)14(15-3)9-5-7-12-6-4-8-13(16)10-12/h4,6,8,10-11,14-16H,5,7,9H2,1-3H3. The zero-order valence-corrected chi connectivity index (χ0v) is 10.5. The molecule has 0 spiro atoms. The van der Waals surface area contributed by atoms with E-state index in [4.69, 9.17) is 0 Å². The molecule has 0 aliphatic heterocycles. The lowest BCUT2D eigenvalue weighted by molar-refractivity contribution is 0.393. The molecule has 0 saturated carbocycles. The topological polar surface area (TPSA) is 32.3 Å². The summed E-state index contributed by atoms with van der Waals surface area (Å²) >= 11 is 0. The summed E-state index contributed by atoms with van der Waals surface area (Å²) in [5.74, 6) is 1.04. The van der Waals surface area contributed by atoms with E-state index in [0.717, 1.165) is 12.8 Å². The molecule has 2 heteroatoms. The number of hydrogen-bond acceptors (Lipinski definition) is 2. The van der Waals surface area contributed by atoms with Crippen molar-refractivity contribution < 1.29 is 5.11 Å². The molecular weight excluding hydrogens is 198 g/mol. The molecule has 0 fully saturated rings. The Morgan fingerprint density at radius 1 is 1.31 bits per heavy atom. The summed E-state index contributed by atoms with van der Waals surface area (Å²) in [6, 6.07) is 8.14. The van der Waals surface area contributed by atoms with Gasteiger partial charge < -0.3 is 10.4 Å². The van der Waals surface area contributed by atoms with Gasteiger partial charge in [-0.1, -0.05) is 26.0 Å². The molecular formula is C14H23NO. The number of rotatable bonds is 6. The van der Waals surface area contributed by atoms with Crippen LogP contribution in [0.15, 0.2) is 24.3 Å². The van der Waals surface area contributed by atoms with Gasteiger partial charge in [-0.2, -0.15) is 0 Å². The van der Waals surface area contributed by atoms with Gasteiger partial charge in [-0.15, -0.1) is 0 Å². The highest BCUT2D eigenvalue weighted by molar-refractivity contribution is 5.27. The Labute approximate surface area is 98.7 Å². The lowest BCUT2D eigenvalue weighted by Gasteiger charge is -2.19. The van der Waals surface area contributed by atoms with Gasteiger partial charge in [0.15, 0.2) is 0 Å². The van der Waals surface area contributed by atoms with Crippen molar-refractivity contribution in [2.75, 3.05) is 7.05 Å². The van der Waals surface area contributed by atoms with Gasteiger partial charge in [0, 0.05) is 6.04 Å². The fourth-order valence-corrected chi connectivity index (χ4v) is 2.05. The number of phenols is 1. The van der Waals surface area contributed by atoms with Gasteiger partial charge in [0.25, 0.3) is 0 Å². The molecule has 2 N–H and O–H groups in total. The van der Waals surface area contributed by atoms with Crippen molar-refractivity contribution in [3.05, 3.63) is 29.8 Å². The summed E-state index contributed by atoms with van der Waals surface area (Å²) in [5, 5.41) is 12.7. The third-order valence-corrected chi connectivity index (χ3v) is 3.07. The monoisotopic (exact) mass is 221 g/mol. The van der Waals surface area contributed by atoms with E-state index in [1.54, 1.807) is 6.07 Å². The number of hydrogen-bond donors (Lipinski definition) is 2. The summed E-state index contributed by atoms with van der Waals surface area (Å²) in [4.78, 5) is 0. The number of phenolic OH excluding ortho intramolecular Hbond substituents is 1. The number of aryl methyl sites for hydroxylation is 1. The third kappa shape index (κ3) is 4.23. The van der Waals surface area contributed by atoms with Gasteiger partial charge in [0.1, 0.15) is 5.75 Å². The van der Waals surface area contributed by atoms with E-state index in [0.29, 0.717) is 17.7 Å². The lowest BCUT2D eigenvalue weighted by Crippen LogP contribution is -2.30. The van der Waals surface area contributed by atoms with Crippen LogP contribution in [0.3, 0.4) is 0 Å². The van der Waals surface area contributed by atoms with Crippen molar-refractivity contribution in [3.63, 3.8) is 0 Å². The molecule has 16 heavy (non-hydrogen) atoms. The first kappa shape index (κ1) is 13.0. The molecule has 0 aliphatic rings. The van der Waals surface area contributed by atoms with E-state index in [1.807, 2.05) is 19.2 Å². The SMILES string of the molecule is CNC(CCCc1cccc(O)c1)C(C)C. The van der Waals surface area contributed by atoms with Crippen LogP contribution in [0.5, 0.6) is 5.75 Å². The van der Waals surface area contributed by atoms with Crippen molar-refractivity contribution in [2.45, 2.75) is 39.2 Å². The van der Waals surface area contributed by atoms with Crippen LogP contribution in [0.4, 0.5) is 0 Å². The summed E-state index contributed by atoms with van der Waals surface area (Å²) in [6.07, 6.45) is 3.39. The van der Waals surface area contributed by atoms with E-state index < -0.39 is 0 Å². The number of benzene rings is 1. The molecule has 1 aromatic rings. The minimum atomic E-state index is 0.367. The van der Waals surface area contributed by atoms with Gasteiger partial charge in [0.2, 0.25) is 0 Å². The summed E-state index contributed by atoms with van der Waals surface area (Å²) in [5.41, 5.74) is 1.22. The van der Waals surface area contributed by atoms with Gasteiger partial charge in [-0.3, -0.25) is 0 Å². The smallest absolute Gasteiger partial charge is 0.115 e. The first-order chi connectivity index (χ1) is 7.63. The molecule has 1 aromatic carbocycles. The van der Waals surface area contributed by atoms with Crippen LogP contribution in [0, 0.1) is 5.92 Å². The first-order valence-corrected chi connectivity index (χ1v) is 6.08. The van der Waals surface area contributed by atoms with Crippen molar-refractivity contribution in [3.8, 4) is 5.75 Å². The molecule has 0 amide bonds. The summed E-state index contributed by atoms with van der Waals surface area (Å²) < 4.78 is 0. The molecule has 0 aliphatic carbocycles. The van der Waals surface area contributed by atoms with E-state index in [9.17, 15) is 5.11 Å². The number of nitrogens with one attached hydrogen (secondary N) is 1. The van der Waals surface area contributed by atoms with Crippen LogP contribution in [0.25, 0.3) is 0 Å². The van der Waals surface area contributed by atoms with E-state index >= 15 is 0 Å². The minimum Gasteiger partial charge on any atom is -0.508 e. The van der Waals surface area contributed by atoms with Gasteiger partial charge >= 0.3 is 0 Å². The fraction of sp³-hybridized carbons (Fsp3) is 0.571. The zero-order valence-electron chi connectivity index (χ0n) is 10.5. The molecule has 0 heterocycles. The Bertz CT molecular complexity index is 309. The summed E-state index contributed by atoms with van der Waals surface area (Å²) in [7, 11) is 2.03. The predicted octanol–water partition coefficient (Wildman–Crippen LogP) is 2.96. The molecule has 0 aromatic heterocycles. The Morgan fingerprint density at radius 3 is 2.62 bits per heavy atom. The zero-order chi connectivity index (χ0) is 12.0. The average molecular weight is 221 g/mol. The molecule has 0 bridgehead atoms. The second-order valence-corrected chi connectivity index (χ2v) is 4.70. The Balaban J connectivity index is 2.35. The van der Waals surface area contributed by atoms with Crippen molar-refractivity contribution in [1.29, 1.82) is 0 Å². The van der Waals surface area contributed by atoms with Crippen LogP contribution in [0.2, 0.25) is 0 Å². The average Bonchev–Trinajstić information content (AvgIpc) is 2.24. The molecule has 90 valence electrons. The Hall–Kier alpha value is -1.02. The first-order valence-electron chi connectivity index (χ1n) is 6.08. The van der Waals surface area contributed by atoms with Crippen LogP contribution in [0.1, 0.15) is 32.3 Å². The highest BCUT2D eigenvalue weighted by Gasteiger charge is 2.09. The predicted molar refractivity (Wildman–Crippen MR) is 68.7 cm³/mol. The minimum absolute atomic E-state index is 0.367. The normalized spacial score (nSPS) is 13.0. The maximum Gasteiger partial charge on any atom is 0.115 e. The van der Waals surface area contributed by atoms with Crippen molar-refractivity contribution in [1.82, 2.24) is 5.32 Å². The van der Waals surface area contributed by atoms with Crippen LogP contribution >= 0.6 is 0 Å². The molecule has 1 rings (SSSR count). The van der Waals surface area contributed by atoms with Crippen LogP contribution in [-0.2, 0) is 6.42 Å². The highest BCUT2D eigenvalue weighted by Crippen LogP contribution is 2.15. The van der Waals surface area contributed by atoms with Crippen LogP contribution < -0.4 is 5.32 Å². The van der Waals surface area contributed by atoms with E-state index in [1.165, 1.54) is 12.0 Å². The molecule has 2 nitrogen and oxygen atoms in total. The lowest BCUT2D eigenvalue weighted by atomic mass is 9.97. The fourth-order valence-electron chi connectivity index (χ4n) is 2.05. The largest absolute Gasteiger partial charge is 0.508 e. The second kappa shape index (κ2) is 6.54. The highest BCUT2D eigenvalue weighted by atomic mass is 16.3. The van der Waals surface area contributed by atoms with E-state index in [-0.39, 0.29) is 0 Å². The maximum absolute atomic E-state index is 9.34. The van der Waals surface area contributed by atoms with Gasteiger partial charge in [-0.25, -0.2) is 0 Å². The Morgan fingerprint density at radius 2 is 2.06 bits per heavy atom. The summed E-state index contributed by atoms with van der Waals surface area (Å²) in [6.45, 7) is 4.49. The van der Waals surface area contributed by atoms with E-state index in [2.05, 4.69) is 25.2 Å². The van der Waals surface area contributed by atoms with Gasteiger partial charge in [-0.05, 0) is 49.9 Å². The Kier molecular flexibility index (Phi) is 5.33. The van der Waals surface area contributed by atoms with Gasteiger partial charge in [0.05, 0.1) is 0 Å². The quantitative estimate of drug-likeness (QED) is 0.774. The molecule has 0 saturated heterocycles. The number of aromatic hydroxyl groups is 1. The van der Waals surface area contributed by atoms with Crippen molar-refractivity contribution >= 4 is 0 Å². The molecule has 1 unspecified atom stereocenters. The molecule has 0 radical (unpaired) electrons.